The molecule has 5 heteroatoms. The second-order valence-corrected chi connectivity index (χ2v) is 6.58. The molecular formula is C20H18ClNO3. The van der Waals surface area contributed by atoms with Crippen LogP contribution in [0, 0.1) is 5.92 Å². The molecule has 2 aromatic carbocycles. The Balaban J connectivity index is 1.71. The van der Waals surface area contributed by atoms with Crippen LogP contribution in [-0.2, 0) is 16.1 Å². The van der Waals surface area contributed by atoms with E-state index in [1.807, 2.05) is 30.3 Å². The number of carbonyl (C=O) groups excluding carboxylic acids is 3. The van der Waals surface area contributed by atoms with E-state index in [-0.39, 0.29) is 30.3 Å². The zero-order chi connectivity index (χ0) is 17.8. The Morgan fingerprint density at radius 3 is 2.40 bits per heavy atom. The minimum Gasteiger partial charge on any atom is -0.337 e. The fourth-order valence-corrected chi connectivity index (χ4v) is 3.11. The summed E-state index contributed by atoms with van der Waals surface area (Å²) in [5, 5.41) is 0.537. The second kappa shape index (κ2) is 7.62. The molecule has 4 nitrogen and oxygen atoms in total. The van der Waals surface area contributed by atoms with Crippen LogP contribution in [0.3, 0.4) is 0 Å². The summed E-state index contributed by atoms with van der Waals surface area (Å²) in [4.78, 5) is 39.0. The van der Waals surface area contributed by atoms with Crippen molar-refractivity contribution in [1.29, 1.82) is 0 Å². The van der Waals surface area contributed by atoms with Crippen molar-refractivity contribution in [3.8, 4) is 0 Å². The first kappa shape index (κ1) is 17.4. The molecule has 1 aliphatic rings. The van der Waals surface area contributed by atoms with E-state index in [4.69, 9.17) is 11.6 Å². The molecule has 0 N–H and O–H groups in total. The molecular weight excluding hydrogens is 338 g/mol. The van der Waals surface area contributed by atoms with Gasteiger partial charge in [-0.3, -0.25) is 14.4 Å². The molecule has 1 atom stereocenters. The molecule has 1 heterocycles. The summed E-state index contributed by atoms with van der Waals surface area (Å²) in [5.41, 5.74) is 1.47. The molecule has 0 aliphatic carbocycles. The van der Waals surface area contributed by atoms with Crippen molar-refractivity contribution in [2.75, 3.05) is 6.54 Å². The summed E-state index contributed by atoms with van der Waals surface area (Å²) in [6, 6.07) is 16.1. The number of carbonyl (C=O) groups is 3. The van der Waals surface area contributed by atoms with Gasteiger partial charge in [-0.25, -0.2) is 0 Å². The molecule has 1 fully saturated rings. The van der Waals surface area contributed by atoms with Crippen molar-refractivity contribution in [1.82, 2.24) is 4.90 Å². The Hall–Kier alpha value is -2.46. The van der Waals surface area contributed by atoms with Crippen LogP contribution in [0.15, 0.2) is 54.6 Å². The monoisotopic (exact) mass is 355 g/mol. The van der Waals surface area contributed by atoms with Crippen LogP contribution >= 0.6 is 11.6 Å². The van der Waals surface area contributed by atoms with Gasteiger partial charge in [-0.05, 0) is 29.8 Å². The summed E-state index contributed by atoms with van der Waals surface area (Å²) >= 11 is 5.82. The maximum atomic E-state index is 12.7. The molecule has 128 valence electrons. The van der Waals surface area contributed by atoms with Gasteiger partial charge < -0.3 is 4.90 Å². The van der Waals surface area contributed by atoms with Crippen LogP contribution < -0.4 is 0 Å². The van der Waals surface area contributed by atoms with Gasteiger partial charge in [0.15, 0.2) is 5.78 Å². The molecule has 0 aromatic heterocycles. The number of Topliss-reactive ketones (excluding diaryl/α,β-unsaturated/α-hetero) is 2. The van der Waals surface area contributed by atoms with Crippen molar-refractivity contribution in [3.63, 3.8) is 0 Å². The van der Waals surface area contributed by atoms with Gasteiger partial charge in [0.05, 0.1) is 0 Å². The SMILES string of the molecule is O=C(CC1C(=O)CCN(Cc2ccccc2)C1=O)c1ccc(Cl)cc1. The van der Waals surface area contributed by atoms with Gasteiger partial charge in [-0.1, -0.05) is 41.9 Å². The van der Waals surface area contributed by atoms with E-state index in [9.17, 15) is 14.4 Å². The van der Waals surface area contributed by atoms with E-state index < -0.39 is 5.92 Å². The summed E-state index contributed by atoms with van der Waals surface area (Å²) in [6.07, 6.45) is 0.196. The van der Waals surface area contributed by atoms with Crippen LogP contribution in [0.25, 0.3) is 0 Å². The molecule has 1 amide bonds. The average molecular weight is 356 g/mol. The van der Waals surface area contributed by atoms with Crippen LogP contribution in [0.5, 0.6) is 0 Å². The van der Waals surface area contributed by atoms with Gasteiger partial charge in [-0.2, -0.15) is 0 Å². The van der Waals surface area contributed by atoms with Gasteiger partial charge in [0.2, 0.25) is 5.91 Å². The highest BCUT2D eigenvalue weighted by atomic mass is 35.5. The Labute approximate surface area is 151 Å². The molecule has 1 saturated heterocycles. The fourth-order valence-electron chi connectivity index (χ4n) is 2.99. The number of hydrogen-bond donors (Lipinski definition) is 0. The Kier molecular flexibility index (Phi) is 5.29. The first-order valence-corrected chi connectivity index (χ1v) is 8.56. The Morgan fingerprint density at radius 1 is 1.04 bits per heavy atom. The number of ketones is 2. The van der Waals surface area contributed by atoms with E-state index in [1.54, 1.807) is 29.2 Å². The van der Waals surface area contributed by atoms with Gasteiger partial charge in [0.25, 0.3) is 0 Å². The summed E-state index contributed by atoms with van der Waals surface area (Å²) in [6.45, 7) is 0.858. The van der Waals surface area contributed by atoms with E-state index >= 15 is 0 Å². The maximum absolute atomic E-state index is 12.7. The van der Waals surface area contributed by atoms with Gasteiger partial charge in [0, 0.05) is 36.5 Å². The summed E-state index contributed by atoms with van der Waals surface area (Å²) in [7, 11) is 0. The van der Waals surface area contributed by atoms with E-state index in [0.29, 0.717) is 23.7 Å². The fraction of sp³-hybridized carbons (Fsp3) is 0.250. The van der Waals surface area contributed by atoms with Crippen LogP contribution in [-0.4, -0.2) is 28.9 Å². The lowest BCUT2D eigenvalue weighted by Crippen LogP contribution is -2.46. The highest BCUT2D eigenvalue weighted by Crippen LogP contribution is 2.22. The average Bonchev–Trinajstić information content (AvgIpc) is 2.62. The number of likely N-dealkylation sites (tertiary alicyclic amines) is 1. The lowest BCUT2D eigenvalue weighted by Gasteiger charge is -2.31. The molecule has 1 unspecified atom stereocenters. The van der Waals surface area contributed by atoms with Crippen molar-refractivity contribution in [2.24, 2.45) is 5.92 Å². The minimum absolute atomic E-state index is 0.0927. The minimum atomic E-state index is -0.888. The third-order valence-electron chi connectivity index (χ3n) is 4.40. The maximum Gasteiger partial charge on any atom is 0.233 e. The largest absolute Gasteiger partial charge is 0.337 e. The quantitative estimate of drug-likeness (QED) is 0.609. The lowest BCUT2D eigenvalue weighted by atomic mass is 9.88. The first-order chi connectivity index (χ1) is 12.0. The van der Waals surface area contributed by atoms with E-state index in [0.717, 1.165) is 5.56 Å². The van der Waals surface area contributed by atoms with Crippen molar-refractivity contribution >= 4 is 29.1 Å². The van der Waals surface area contributed by atoms with E-state index in [1.165, 1.54) is 0 Å². The number of hydrogen-bond acceptors (Lipinski definition) is 3. The van der Waals surface area contributed by atoms with Crippen molar-refractivity contribution in [2.45, 2.75) is 19.4 Å². The number of benzene rings is 2. The van der Waals surface area contributed by atoms with Gasteiger partial charge >= 0.3 is 0 Å². The van der Waals surface area contributed by atoms with Crippen LogP contribution in [0.1, 0.15) is 28.8 Å². The predicted molar refractivity (Wildman–Crippen MR) is 95.4 cm³/mol. The molecule has 0 radical (unpaired) electrons. The van der Waals surface area contributed by atoms with E-state index in [2.05, 4.69) is 0 Å². The lowest BCUT2D eigenvalue weighted by molar-refractivity contribution is -0.146. The summed E-state index contributed by atoms with van der Waals surface area (Å²) in [5.74, 6) is -1.52. The number of nitrogens with zero attached hydrogens (tertiary/aromatic N) is 1. The molecule has 3 rings (SSSR count). The predicted octanol–water partition coefficient (Wildman–Crippen LogP) is 3.53. The zero-order valence-electron chi connectivity index (χ0n) is 13.7. The normalized spacial score (nSPS) is 17.6. The highest BCUT2D eigenvalue weighted by molar-refractivity contribution is 6.30. The zero-order valence-corrected chi connectivity index (χ0v) is 14.4. The van der Waals surface area contributed by atoms with Crippen LogP contribution in [0.4, 0.5) is 0 Å². The Bertz CT molecular complexity index is 786. The second-order valence-electron chi connectivity index (χ2n) is 6.15. The molecule has 1 aliphatic heterocycles. The smallest absolute Gasteiger partial charge is 0.233 e. The van der Waals surface area contributed by atoms with Crippen molar-refractivity contribution < 1.29 is 14.4 Å². The number of rotatable bonds is 5. The number of amides is 1. The third kappa shape index (κ3) is 4.15. The van der Waals surface area contributed by atoms with Crippen molar-refractivity contribution in [3.05, 3.63) is 70.7 Å². The molecule has 0 spiro atoms. The number of piperidine rings is 1. The van der Waals surface area contributed by atoms with Crippen LogP contribution in [0.2, 0.25) is 5.02 Å². The summed E-state index contributed by atoms with van der Waals surface area (Å²) < 4.78 is 0. The highest BCUT2D eigenvalue weighted by Gasteiger charge is 2.36. The molecule has 0 bridgehead atoms. The molecule has 0 saturated carbocycles. The first-order valence-electron chi connectivity index (χ1n) is 8.19. The third-order valence-corrected chi connectivity index (χ3v) is 4.65. The van der Waals surface area contributed by atoms with Gasteiger partial charge in [0.1, 0.15) is 11.7 Å². The molecule has 2 aromatic rings. The number of halogens is 1. The molecule has 25 heavy (non-hydrogen) atoms. The standard InChI is InChI=1S/C20H18ClNO3/c21-16-8-6-15(7-9-16)19(24)12-17-18(23)10-11-22(20(17)25)13-14-4-2-1-3-5-14/h1-9,17H,10-13H2. The topological polar surface area (TPSA) is 54.5 Å². The Morgan fingerprint density at radius 2 is 1.72 bits per heavy atom. The van der Waals surface area contributed by atoms with Gasteiger partial charge in [-0.15, -0.1) is 0 Å².